The van der Waals surface area contributed by atoms with E-state index in [9.17, 15) is 25.5 Å². The fraction of sp³-hybridized carbons (Fsp3) is 0.639. The number of unbranched alkanes of at least 4 members (excludes halogenated alkanes) is 1. The van der Waals surface area contributed by atoms with Crippen LogP contribution in [0, 0.1) is 24.0 Å². The van der Waals surface area contributed by atoms with Crippen molar-refractivity contribution in [3.05, 3.63) is 59.2 Å². The molecule has 0 saturated heterocycles. The third-order valence-corrected chi connectivity index (χ3v) is 9.23. The first-order valence-corrected chi connectivity index (χ1v) is 16.9. The molecule has 1 aliphatic carbocycles. The summed E-state index contributed by atoms with van der Waals surface area (Å²) in [4.78, 5) is 4.57. The molecule has 9 nitrogen and oxygen atoms in total. The van der Waals surface area contributed by atoms with Crippen molar-refractivity contribution in [3.63, 3.8) is 0 Å². The summed E-state index contributed by atoms with van der Waals surface area (Å²) in [5, 5.41) is 54.2. The quantitative estimate of drug-likeness (QED) is 0.116. The number of nitrogens with one attached hydrogen (secondary N) is 1. The Kier molecular flexibility index (Phi) is 14.1. The van der Waals surface area contributed by atoms with Crippen LogP contribution in [0.1, 0.15) is 83.6 Å². The lowest BCUT2D eigenvalue weighted by Gasteiger charge is -2.30. The van der Waals surface area contributed by atoms with Crippen LogP contribution in [-0.4, -0.2) is 82.5 Å². The number of hydrogen-bond acceptors (Lipinski definition) is 9. The van der Waals surface area contributed by atoms with Crippen LogP contribution < -0.4 is 10.1 Å². The second-order valence-corrected chi connectivity index (χ2v) is 12.8. The molecule has 0 spiro atoms. The van der Waals surface area contributed by atoms with Gasteiger partial charge in [-0.05, 0) is 69.1 Å². The number of nitrogens with zero attached hydrogens (tertiary/aromatic N) is 1. The summed E-state index contributed by atoms with van der Waals surface area (Å²) in [6.45, 7) is 4.45. The van der Waals surface area contributed by atoms with Gasteiger partial charge in [0.05, 0.1) is 18.1 Å². The summed E-state index contributed by atoms with van der Waals surface area (Å²) in [5.41, 5.74) is 2.96. The predicted molar refractivity (Wildman–Crippen MR) is 176 cm³/mol. The summed E-state index contributed by atoms with van der Waals surface area (Å²) in [5.74, 6) is 0.949. The van der Waals surface area contributed by atoms with Gasteiger partial charge < -0.3 is 40.3 Å². The van der Waals surface area contributed by atoms with Crippen molar-refractivity contribution in [2.45, 2.75) is 109 Å². The number of aliphatic hydroxyl groups is 4. The van der Waals surface area contributed by atoms with Crippen molar-refractivity contribution in [3.8, 4) is 11.5 Å². The highest BCUT2D eigenvalue weighted by atomic mass is 16.5. The van der Waals surface area contributed by atoms with Crippen LogP contribution in [-0.2, 0) is 11.2 Å². The first-order valence-electron chi connectivity index (χ1n) is 16.9. The van der Waals surface area contributed by atoms with Crippen molar-refractivity contribution >= 4 is 6.21 Å². The first kappa shape index (κ1) is 35.3. The molecule has 0 amide bonds. The van der Waals surface area contributed by atoms with E-state index in [4.69, 9.17) is 9.47 Å². The third kappa shape index (κ3) is 10.2. The number of aromatic hydroxyl groups is 1. The Morgan fingerprint density at radius 2 is 1.98 bits per heavy atom. The van der Waals surface area contributed by atoms with E-state index in [1.54, 1.807) is 19.1 Å². The van der Waals surface area contributed by atoms with Crippen molar-refractivity contribution in [1.82, 2.24) is 5.32 Å². The molecule has 1 aromatic carbocycles. The number of phenolic OH excluding ortho intramolecular Hbond substituents is 1. The van der Waals surface area contributed by atoms with E-state index in [0.717, 1.165) is 61.3 Å². The number of aliphatic hydroxyl groups excluding tert-OH is 4. The number of aliphatic imine (C=N–C) groups is 1. The lowest BCUT2D eigenvalue weighted by Crippen LogP contribution is -2.43. The Balaban J connectivity index is 1.35. The minimum atomic E-state index is -0.975. The van der Waals surface area contributed by atoms with Crippen molar-refractivity contribution < 1.29 is 35.0 Å². The highest BCUT2D eigenvalue weighted by molar-refractivity contribution is 5.84. The van der Waals surface area contributed by atoms with Gasteiger partial charge in [-0.1, -0.05) is 51.2 Å². The molecule has 5 atom stereocenters. The zero-order valence-corrected chi connectivity index (χ0v) is 27.0. The molecule has 0 bridgehead atoms. The maximum absolute atomic E-state index is 11.0. The molecular formula is C36H54N2O7. The SMILES string of the molecule is CCCCC1O[C-](CCc2ccc(O)c(OCC(O)[C+]3C=C(C(C4CCCC4)C(CCCO)NCC(C)O)C=N3)c2)C=C1CO. The maximum Gasteiger partial charge on any atom is 0.181 e. The van der Waals surface area contributed by atoms with Crippen LogP contribution in [0.5, 0.6) is 11.5 Å². The Labute approximate surface area is 269 Å². The molecule has 0 aromatic heterocycles. The summed E-state index contributed by atoms with van der Waals surface area (Å²) in [6, 6.07) is 5.86. The van der Waals surface area contributed by atoms with Gasteiger partial charge in [0.25, 0.3) is 0 Å². The number of phenols is 1. The van der Waals surface area contributed by atoms with E-state index in [1.165, 1.54) is 12.8 Å². The number of hydrogen-bond donors (Lipinski definition) is 6. The van der Waals surface area contributed by atoms with Crippen LogP contribution in [0.3, 0.4) is 0 Å². The molecule has 5 unspecified atom stereocenters. The van der Waals surface area contributed by atoms with Crippen LogP contribution in [0.15, 0.2) is 46.5 Å². The van der Waals surface area contributed by atoms with Gasteiger partial charge in [-0.2, -0.15) is 11.6 Å². The van der Waals surface area contributed by atoms with Crippen molar-refractivity contribution in [1.29, 1.82) is 0 Å². The Morgan fingerprint density at radius 3 is 2.69 bits per heavy atom. The molecule has 2 aliphatic heterocycles. The van der Waals surface area contributed by atoms with E-state index < -0.39 is 12.2 Å². The number of aryl methyl sites for hydroxylation is 1. The molecule has 2 heterocycles. The number of rotatable bonds is 20. The molecule has 45 heavy (non-hydrogen) atoms. The molecule has 1 saturated carbocycles. The number of benzene rings is 1. The van der Waals surface area contributed by atoms with Gasteiger partial charge in [0.2, 0.25) is 0 Å². The average Bonchev–Trinajstić information content (AvgIpc) is 3.82. The molecular weight excluding hydrogens is 572 g/mol. The average molecular weight is 627 g/mol. The summed E-state index contributed by atoms with van der Waals surface area (Å²) in [7, 11) is 0. The molecule has 3 aliphatic rings. The van der Waals surface area contributed by atoms with Crippen LogP contribution in [0.2, 0.25) is 0 Å². The molecule has 1 fully saturated rings. The first-order chi connectivity index (χ1) is 21.8. The molecule has 9 heteroatoms. The zero-order valence-electron chi connectivity index (χ0n) is 27.0. The van der Waals surface area contributed by atoms with Crippen molar-refractivity contribution in [2.24, 2.45) is 16.8 Å². The lowest BCUT2D eigenvalue weighted by molar-refractivity contribution is 0.103. The van der Waals surface area contributed by atoms with Gasteiger partial charge in [-0.25, -0.2) is 0 Å². The Bertz CT molecular complexity index is 1130. The molecule has 6 N–H and O–H groups in total. The maximum atomic E-state index is 11.0. The van der Waals surface area contributed by atoms with Crippen LogP contribution in [0.4, 0.5) is 0 Å². The fourth-order valence-electron chi connectivity index (χ4n) is 6.81. The molecule has 1 aromatic rings. The standard InChI is InChI=1S/C36H54N2O7/c1-3-4-11-34-28(22-40)18-29(45-34)14-12-25-13-15-32(42)35(17-25)44-23-33(43)31-19-27(21-38-31)36(26-8-5-6-9-26)30(10-7-16-39)37-20-24(2)41/h13,15,17-19,21,24,26,30,33-34,36-37,39-43H,3-12,14,16,20,22-23H2,1-2H3. The van der Waals surface area contributed by atoms with Gasteiger partial charge in [-0.3, -0.25) is 0 Å². The second-order valence-electron chi connectivity index (χ2n) is 12.8. The monoisotopic (exact) mass is 626 g/mol. The van der Waals surface area contributed by atoms with E-state index >= 15 is 0 Å². The highest BCUT2D eigenvalue weighted by Gasteiger charge is 2.41. The van der Waals surface area contributed by atoms with Gasteiger partial charge >= 0.3 is 0 Å². The minimum absolute atomic E-state index is 0.00253. The summed E-state index contributed by atoms with van der Waals surface area (Å²) >= 11 is 0. The normalized spacial score (nSPS) is 21.2. The summed E-state index contributed by atoms with van der Waals surface area (Å²) in [6.07, 6.45) is 15.6. The van der Waals surface area contributed by atoms with E-state index in [0.29, 0.717) is 43.5 Å². The number of ether oxygens (including phenoxy) is 2. The van der Waals surface area contributed by atoms with Gasteiger partial charge in [0, 0.05) is 31.9 Å². The van der Waals surface area contributed by atoms with Gasteiger partial charge in [0.1, 0.15) is 12.2 Å². The van der Waals surface area contributed by atoms with Gasteiger partial charge in [0.15, 0.2) is 29.9 Å². The largest absolute Gasteiger partial charge is 0.504 e. The second kappa shape index (κ2) is 18.0. The molecule has 0 radical (unpaired) electrons. The zero-order chi connectivity index (χ0) is 32.2. The van der Waals surface area contributed by atoms with Crippen molar-refractivity contribution in [2.75, 3.05) is 26.4 Å². The van der Waals surface area contributed by atoms with Crippen LogP contribution in [0.25, 0.3) is 0 Å². The topological polar surface area (TPSA) is 144 Å². The van der Waals surface area contributed by atoms with E-state index in [-0.39, 0.29) is 43.6 Å². The summed E-state index contributed by atoms with van der Waals surface area (Å²) < 4.78 is 12.0. The Hall–Kier alpha value is -2.53. The van der Waals surface area contributed by atoms with E-state index in [2.05, 4.69) is 17.2 Å². The fourth-order valence-corrected chi connectivity index (χ4v) is 6.81. The molecule has 250 valence electrons. The predicted octanol–water partition coefficient (Wildman–Crippen LogP) is 4.56. The third-order valence-electron chi connectivity index (χ3n) is 9.23. The van der Waals surface area contributed by atoms with Gasteiger partial charge in [-0.15, -0.1) is 4.99 Å². The van der Waals surface area contributed by atoms with E-state index in [1.807, 2.05) is 24.4 Å². The Morgan fingerprint density at radius 1 is 1.18 bits per heavy atom. The minimum Gasteiger partial charge on any atom is -0.504 e. The van der Waals surface area contributed by atoms with Crippen LogP contribution >= 0.6 is 0 Å². The molecule has 4 rings (SSSR count). The highest BCUT2D eigenvalue weighted by Crippen LogP contribution is 2.40. The smallest absolute Gasteiger partial charge is 0.181 e. The lowest BCUT2D eigenvalue weighted by atomic mass is 9.77.